The summed E-state index contributed by atoms with van der Waals surface area (Å²) in [5, 5.41) is 11.7. The molecule has 22 heavy (non-hydrogen) atoms. The third kappa shape index (κ3) is 2.24. The van der Waals surface area contributed by atoms with Crippen LogP contribution >= 0.6 is 11.6 Å². The summed E-state index contributed by atoms with van der Waals surface area (Å²) >= 11 is 5.87. The van der Waals surface area contributed by atoms with Gasteiger partial charge in [-0.25, -0.2) is 4.79 Å². The Morgan fingerprint density at radius 1 is 1.36 bits per heavy atom. The number of aliphatic hydroxyl groups is 1. The third-order valence-corrected chi connectivity index (χ3v) is 3.45. The van der Waals surface area contributed by atoms with Crippen LogP contribution in [0, 0.1) is 0 Å². The molecule has 1 aromatic carbocycles. The number of carbonyl (C=O) groups is 2. The van der Waals surface area contributed by atoms with Gasteiger partial charge in [0.1, 0.15) is 5.57 Å². The Labute approximate surface area is 127 Å². The summed E-state index contributed by atoms with van der Waals surface area (Å²) in [5.74, 6) is -3.29. The smallest absolute Gasteiger partial charge is 0.431 e. The van der Waals surface area contributed by atoms with E-state index in [-0.39, 0.29) is 10.6 Å². The molecule has 1 unspecified atom stereocenters. The largest absolute Gasteiger partial charge is 0.466 e. The number of methoxy groups -OCH3 is 1. The van der Waals surface area contributed by atoms with Crippen LogP contribution < -0.4 is 5.32 Å². The minimum atomic E-state index is -5.41. The Hall–Kier alpha value is -2.06. The van der Waals surface area contributed by atoms with E-state index in [0.717, 1.165) is 7.11 Å². The fraction of sp³-hybridized carbons (Fsp3) is 0.231. The average molecular weight is 336 g/mol. The predicted molar refractivity (Wildman–Crippen MR) is 69.5 cm³/mol. The molecule has 118 valence electrons. The molecule has 1 aromatic rings. The van der Waals surface area contributed by atoms with E-state index in [2.05, 4.69) is 4.74 Å². The van der Waals surface area contributed by atoms with Crippen LogP contribution in [-0.4, -0.2) is 35.9 Å². The zero-order chi connectivity index (χ0) is 16.7. The lowest BCUT2D eigenvalue weighted by atomic mass is 9.92. The highest BCUT2D eigenvalue weighted by molar-refractivity contribution is 6.33. The summed E-state index contributed by atoms with van der Waals surface area (Å²) in [4.78, 5) is 23.4. The molecule has 0 fully saturated rings. The molecular formula is C13H9ClF3NO4. The molecule has 2 rings (SSSR count). The molecule has 0 saturated carbocycles. The number of amides is 1. The van der Waals surface area contributed by atoms with Gasteiger partial charge in [0, 0.05) is 10.6 Å². The number of alkyl halides is 3. The number of halogens is 4. The highest BCUT2D eigenvalue weighted by atomic mass is 35.5. The predicted octanol–water partition coefficient (Wildman–Crippen LogP) is 1.65. The Kier molecular flexibility index (Phi) is 3.92. The number of carbonyl (C=O) groups excluding carboxylic acids is 2. The molecule has 1 aliphatic rings. The number of ether oxygens (including phenoxy) is 1. The normalized spacial score (nSPS) is 21.8. The van der Waals surface area contributed by atoms with Crippen LogP contribution in [0.1, 0.15) is 5.56 Å². The highest BCUT2D eigenvalue weighted by Crippen LogP contribution is 2.44. The van der Waals surface area contributed by atoms with Gasteiger partial charge in [-0.05, 0) is 6.07 Å². The van der Waals surface area contributed by atoms with E-state index in [4.69, 9.17) is 11.6 Å². The van der Waals surface area contributed by atoms with Gasteiger partial charge in [0.05, 0.1) is 12.8 Å². The second kappa shape index (κ2) is 5.29. The lowest BCUT2D eigenvalue weighted by Gasteiger charge is -2.24. The Morgan fingerprint density at radius 3 is 2.45 bits per heavy atom. The number of nitrogens with one attached hydrogen (secondary N) is 1. The number of benzene rings is 1. The van der Waals surface area contributed by atoms with Crippen molar-refractivity contribution in [2.75, 3.05) is 7.11 Å². The monoisotopic (exact) mass is 335 g/mol. The van der Waals surface area contributed by atoms with E-state index < -0.39 is 34.9 Å². The van der Waals surface area contributed by atoms with Gasteiger partial charge in [-0.15, -0.1) is 0 Å². The van der Waals surface area contributed by atoms with Crippen molar-refractivity contribution in [3.63, 3.8) is 0 Å². The molecule has 0 saturated heterocycles. The topological polar surface area (TPSA) is 75.6 Å². The summed E-state index contributed by atoms with van der Waals surface area (Å²) in [5.41, 5.74) is -5.84. The first-order chi connectivity index (χ1) is 10.1. The van der Waals surface area contributed by atoms with E-state index >= 15 is 0 Å². The minimum absolute atomic E-state index is 0.00868. The Balaban J connectivity index is 2.78. The second-order valence-corrected chi connectivity index (χ2v) is 4.79. The van der Waals surface area contributed by atoms with Crippen LogP contribution in [-0.2, 0) is 14.3 Å². The van der Waals surface area contributed by atoms with E-state index in [0.29, 0.717) is 0 Å². The third-order valence-electron chi connectivity index (χ3n) is 3.12. The average Bonchev–Trinajstić information content (AvgIpc) is 2.71. The fourth-order valence-corrected chi connectivity index (χ4v) is 2.28. The molecule has 0 aromatic heterocycles. The molecular weight excluding hydrogens is 327 g/mol. The molecule has 1 heterocycles. The lowest BCUT2D eigenvalue weighted by Crippen LogP contribution is -2.54. The summed E-state index contributed by atoms with van der Waals surface area (Å²) in [6.07, 6.45) is -5.41. The maximum absolute atomic E-state index is 13.1. The lowest BCUT2D eigenvalue weighted by molar-refractivity contribution is -0.236. The van der Waals surface area contributed by atoms with Crippen molar-refractivity contribution in [1.29, 1.82) is 0 Å². The standard InChI is InChI=1S/C13H9ClF3NO4/c1-22-10(19)8-9(6-4-2-3-5-7(6)14)18-11(20)12(8,21)13(15,16)17/h2-5,21H,1H3,(H,18,20). The fourth-order valence-electron chi connectivity index (χ4n) is 2.05. The molecule has 0 aliphatic carbocycles. The number of rotatable bonds is 2. The van der Waals surface area contributed by atoms with Gasteiger partial charge in [0.2, 0.25) is 0 Å². The van der Waals surface area contributed by atoms with Crippen molar-refractivity contribution in [1.82, 2.24) is 5.32 Å². The SMILES string of the molecule is COC(=O)C1=C(c2ccccc2Cl)NC(=O)C1(O)C(F)(F)F. The number of hydrogen-bond donors (Lipinski definition) is 2. The van der Waals surface area contributed by atoms with E-state index in [9.17, 15) is 27.9 Å². The first-order valence-electron chi connectivity index (χ1n) is 5.83. The first-order valence-corrected chi connectivity index (χ1v) is 6.21. The van der Waals surface area contributed by atoms with Crippen molar-refractivity contribution in [2.24, 2.45) is 0 Å². The number of esters is 1. The van der Waals surface area contributed by atoms with Gasteiger partial charge in [0.25, 0.3) is 11.5 Å². The van der Waals surface area contributed by atoms with Crippen LogP contribution in [0.25, 0.3) is 5.70 Å². The zero-order valence-corrected chi connectivity index (χ0v) is 11.7. The second-order valence-electron chi connectivity index (χ2n) is 4.38. The quantitative estimate of drug-likeness (QED) is 0.806. The van der Waals surface area contributed by atoms with Crippen LogP contribution in [0.15, 0.2) is 29.8 Å². The van der Waals surface area contributed by atoms with Crippen LogP contribution in [0.3, 0.4) is 0 Å². The molecule has 5 nitrogen and oxygen atoms in total. The van der Waals surface area contributed by atoms with Gasteiger partial charge in [-0.1, -0.05) is 29.8 Å². The highest BCUT2D eigenvalue weighted by Gasteiger charge is 2.68. The van der Waals surface area contributed by atoms with Crippen molar-refractivity contribution in [2.45, 2.75) is 11.8 Å². The molecule has 2 N–H and O–H groups in total. The summed E-state index contributed by atoms with van der Waals surface area (Å²) in [7, 11) is 0.832. The van der Waals surface area contributed by atoms with E-state index in [1.807, 2.05) is 5.32 Å². The Bertz CT molecular complexity index is 686. The number of hydrogen-bond acceptors (Lipinski definition) is 4. The van der Waals surface area contributed by atoms with Crippen molar-refractivity contribution in [3.05, 3.63) is 40.4 Å². The molecule has 0 bridgehead atoms. The van der Waals surface area contributed by atoms with Crippen molar-refractivity contribution < 1.29 is 32.6 Å². The van der Waals surface area contributed by atoms with Gasteiger partial charge >= 0.3 is 12.1 Å². The molecule has 1 aliphatic heterocycles. The zero-order valence-electron chi connectivity index (χ0n) is 11.0. The van der Waals surface area contributed by atoms with Gasteiger partial charge < -0.3 is 15.2 Å². The molecule has 1 amide bonds. The molecule has 9 heteroatoms. The van der Waals surface area contributed by atoms with Crippen LogP contribution in [0.5, 0.6) is 0 Å². The molecule has 1 atom stereocenters. The molecule has 0 radical (unpaired) electrons. The van der Waals surface area contributed by atoms with Crippen molar-refractivity contribution >= 4 is 29.2 Å². The Morgan fingerprint density at radius 2 is 1.95 bits per heavy atom. The maximum Gasteiger partial charge on any atom is 0.431 e. The van der Waals surface area contributed by atoms with E-state index in [1.165, 1.54) is 24.3 Å². The van der Waals surface area contributed by atoms with Crippen molar-refractivity contribution in [3.8, 4) is 0 Å². The van der Waals surface area contributed by atoms with Crippen LogP contribution in [0.2, 0.25) is 5.02 Å². The van der Waals surface area contributed by atoms with Gasteiger partial charge in [-0.2, -0.15) is 13.2 Å². The van der Waals surface area contributed by atoms with E-state index in [1.54, 1.807) is 0 Å². The maximum atomic E-state index is 13.1. The summed E-state index contributed by atoms with van der Waals surface area (Å²) < 4.78 is 43.7. The minimum Gasteiger partial charge on any atom is -0.466 e. The molecule has 0 spiro atoms. The van der Waals surface area contributed by atoms with Gasteiger partial charge in [0.15, 0.2) is 0 Å². The van der Waals surface area contributed by atoms with Crippen LogP contribution in [0.4, 0.5) is 13.2 Å². The van der Waals surface area contributed by atoms with Gasteiger partial charge in [-0.3, -0.25) is 4.79 Å². The summed E-state index contributed by atoms with van der Waals surface area (Å²) in [6, 6.07) is 5.61. The first kappa shape index (κ1) is 16.3. The summed E-state index contributed by atoms with van der Waals surface area (Å²) in [6.45, 7) is 0.